The van der Waals surface area contributed by atoms with Gasteiger partial charge < -0.3 is 19.5 Å². The van der Waals surface area contributed by atoms with Crippen molar-refractivity contribution in [2.24, 2.45) is 0 Å². The Morgan fingerprint density at radius 1 is 1.56 bits per heavy atom. The van der Waals surface area contributed by atoms with Crippen molar-refractivity contribution >= 4 is 5.91 Å². The Labute approximate surface area is 95.3 Å². The van der Waals surface area contributed by atoms with Crippen molar-refractivity contribution in [1.29, 1.82) is 0 Å². The highest BCUT2D eigenvalue weighted by Crippen LogP contribution is 2.24. The van der Waals surface area contributed by atoms with Gasteiger partial charge in [0.1, 0.15) is 0 Å². The lowest BCUT2D eigenvalue weighted by Crippen LogP contribution is -2.40. The van der Waals surface area contributed by atoms with Gasteiger partial charge in [-0.15, -0.1) is 0 Å². The predicted octanol–water partition coefficient (Wildman–Crippen LogP) is 0.121. The third kappa shape index (κ3) is 2.36. The number of rotatable bonds is 3. The zero-order valence-electron chi connectivity index (χ0n) is 9.59. The molecule has 2 aliphatic rings. The SMILES string of the molecule is CN1C(=O)CC(OC2CCCCO2)C1CO. The minimum Gasteiger partial charge on any atom is -0.394 e. The maximum atomic E-state index is 11.5. The summed E-state index contributed by atoms with van der Waals surface area (Å²) >= 11 is 0. The summed E-state index contributed by atoms with van der Waals surface area (Å²) in [7, 11) is 1.70. The van der Waals surface area contributed by atoms with Gasteiger partial charge in [0.2, 0.25) is 5.91 Å². The minimum atomic E-state index is -0.231. The van der Waals surface area contributed by atoms with Gasteiger partial charge in [0, 0.05) is 13.7 Å². The zero-order chi connectivity index (χ0) is 11.5. The van der Waals surface area contributed by atoms with E-state index in [1.165, 1.54) is 0 Å². The number of nitrogens with zero attached hydrogens (tertiary/aromatic N) is 1. The fraction of sp³-hybridized carbons (Fsp3) is 0.909. The summed E-state index contributed by atoms with van der Waals surface area (Å²) in [4.78, 5) is 13.1. The average molecular weight is 229 g/mol. The van der Waals surface area contributed by atoms with Crippen molar-refractivity contribution in [2.75, 3.05) is 20.3 Å². The van der Waals surface area contributed by atoms with Crippen LogP contribution in [0.3, 0.4) is 0 Å². The second kappa shape index (κ2) is 5.12. The Hall–Kier alpha value is -0.650. The van der Waals surface area contributed by atoms with Crippen LogP contribution >= 0.6 is 0 Å². The van der Waals surface area contributed by atoms with E-state index in [1.807, 2.05) is 0 Å². The van der Waals surface area contributed by atoms with Crippen LogP contribution in [0.25, 0.3) is 0 Å². The van der Waals surface area contributed by atoms with Crippen LogP contribution in [-0.4, -0.2) is 54.6 Å². The molecular weight excluding hydrogens is 210 g/mol. The highest BCUT2D eigenvalue weighted by molar-refractivity contribution is 5.79. The highest BCUT2D eigenvalue weighted by Gasteiger charge is 2.39. The molecule has 0 aromatic rings. The first-order valence-corrected chi connectivity index (χ1v) is 5.86. The van der Waals surface area contributed by atoms with Gasteiger partial charge >= 0.3 is 0 Å². The fourth-order valence-electron chi connectivity index (χ4n) is 2.28. The van der Waals surface area contributed by atoms with Crippen LogP contribution in [0.2, 0.25) is 0 Å². The van der Waals surface area contributed by atoms with Gasteiger partial charge in [0.05, 0.1) is 25.2 Å². The molecule has 5 nitrogen and oxygen atoms in total. The molecule has 0 radical (unpaired) electrons. The minimum absolute atomic E-state index is 0.0276. The van der Waals surface area contributed by atoms with Gasteiger partial charge in [-0.05, 0) is 19.3 Å². The molecule has 16 heavy (non-hydrogen) atoms. The molecule has 2 saturated heterocycles. The van der Waals surface area contributed by atoms with Crippen molar-refractivity contribution in [3.63, 3.8) is 0 Å². The van der Waals surface area contributed by atoms with Crippen LogP contribution in [0.4, 0.5) is 0 Å². The summed E-state index contributed by atoms with van der Waals surface area (Å²) in [6.45, 7) is 0.671. The molecule has 0 saturated carbocycles. The van der Waals surface area contributed by atoms with Crippen LogP contribution in [0.1, 0.15) is 25.7 Å². The summed E-state index contributed by atoms with van der Waals surface area (Å²) in [6.07, 6.45) is 2.98. The van der Waals surface area contributed by atoms with Gasteiger partial charge in [-0.3, -0.25) is 4.79 Å². The largest absolute Gasteiger partial charge is 0.394 e. The molecule has 0 aromatic carbocycles. The lowest BCUT2D eigenvalue weighted by atomic mass is 10.1. The van der Waals surface area contributed by atoms with Crippen LogP contribution in [0, 0.1) is 0 Å². The van der Waals surface area contributed by atoms with Crippen molar-refractivity contribution in [3.05, 3.63) is 0 Å². The molecule has 92 valence electrons. The monoisotopic (exact) mass is 229 g/mol. The molecule has 2 aliphatic heterocycles. The average Bonchev–Trinajstić information content (AvgIpc) is 2.56. The van der Waals surface area contributed by atoms with Gasteiger partial charge in [0.25, 0.3) is 0 Å². The van der Waals surface area contributed by atoms with Crippen LogP contribution < -0.4 is 0 Å². The number of carbonyl (C=O) groups is 1. The van der Waals surface area contributed by atoms with E-state index < -0.39 is 0 Å². The summed E-state index contributed by atoms with van der Waals surface area (Å²) < 4.78 is 11.2. The van der Waals surface area contributed by atoms with Crippen molar-refractivity contribution in [2.45, 2.75) is 44.1 Å². The molecule has 0 bridgehead atoms. The first-order chi connectivity index (χ1) is 7.72. The van der Waals surface area contributed by atoms with Gasteiger partial charge in [-0.2, -0.15) is 0 Å². The third-order valence-corrected chi connectivity index (χ3v) is 3.35. The lowest BCUT2D eigenvalue weighted by molar-refractivity contribution is -0.193. The maximum absolute atomic E-state index is 11.5. The first kappa shape index (κ1) is 11.8. The first-order valence-electron chi connectivity index (χ1n) is 5.86. The van der Waals surface area contributed by atoms with E-state index in [4.69, 9.17) is 9.47 Å². The van der Waals surface area contributed by atoms with E-state index in [9.17, 15) is 9.90 Å². The van der Waals surface area contributed by atoms with Crippen LogP contribution in [-0.2, 0) is 14.3 Å². The molecule has 3 atom stereocenters. The quantitative estimate of drug-likeness (QED) is 0.747. The van der Waals surface area contributed by atoms with Crippen molar-refractivity contribution < 1.29 is 19.4 Å². The number of hydrogen-bond donors (Lipinski definition) is 1. The predicted molar refractivity (Wildman–Crippen MR) is 56.7 cm³/mol. The summed E-state index contributed by atoms with van der Waals surface area (Å²) in [5.41, 5.74) is 0. The van der Waals surface area contributed by atoms with Crippen LogP contribution in [0.5, 0.6) is 0 Å². The van der Waals surface area contributed by atoms with Crippen molar-refractivity contribution in [3.8, 4) is 0 Å². The number of amides is 1. The molecule has 1 amide bonds. The van der Waals surface area contributed by atoms with Gasteiger partial charge in [-0.25, -0.2) is 0 Å². The Bertz CT molecular complexity index is 252. The molecule has 5 heteroatoms. The van der Waals surface area contributed by atoms with E-state index in [2.05, 4.69) is 0 Å². The number of hydrogen-bond acceptors (Lipinski definition) is 4. The summed E-state index contributed by atoms with van der Waals surface area (Å²) in [5, 5.41) is 9.24. The molecule has 0 aliphatic carbocycles. The van der Waals surface area contributed by atoms with E-state index in [1.54, 1.807) is 11.9 Å². The Morgan fingerprint density at radius 2 is 2.38 bits per heavy atom. The topological polar surface area (TPSA) is 59.0 Å². The van der Waals surface area contributed by atoms with E-state index in [0.29, 0.717) is 6.42 Å². The zero-order valence-corrected chi connectivity index (χ0v) is 9.59. The number of aliphatic hydroxyl groups excluding tert-OH is 1. The molecule has 0 spiro atoms. The molecule has 2 heterocycles. The standard InChI is InChI=1S/C11H19NO4/c1-12-8(7-13)9(6-10(12)14)16-11-4-2-3-5-15-11/h8-9,11,13H,2-7H2,1H3. The summed E-state index contributed by atoms with van der Waals surface area (Å²) in [5.74, 6) is 0.0276. The molecule has 1 N–H and O–H groups in total. The Morgan fingerprint density at radius 3 is 3.00 bits per heavy atom. The number of aliphatic hydroxyl groups is 1. The van der Waals surface area contributed by atoms with E-state index in [0.717, 1.165) is 25.9 Å². The van der Waals surface area contributed by atoms with Crippen molar-refractivity contribution in [1.82, 2.24) is 4.90 Å². The fourth-order valence-corrected chi connectivity index (χ4v) is 2.28. The van der Waals surface area contributed by atoms with Gasteiger partial charge in [0.15, 0.2) is 6.29 Å². The van der Waals surface area contributed by atoms with Crippen LogP contribution in [0.15, 0.2) is 0 Å². The van der Waals surface area contributed by atoms with Gasteiger partial charge in [-0.1, -0.05) is 0 Å². The normalized spacial score (nSPS) is 35.8. The lowest BCUT2D eigenvalue weighted by Gasteiger charge is -2.29. The number of carbonyl (C=O) groups excluding carboxylic acids is 1. The van der Waals surface area contributed by atoms with E-state index >= 15 is 0 Å². The Kier molecular flexibility index (Phi) is 3.78. The molecular formula is C11H19NO4. The summed E-state index contributed by atoms with van der Waals surface area (Å²) in [6, 6.07) is -0.224. The van der Waals surface area contributed by atoms with E-state index in [-0.39, 0.29) is 30.9 Å². The highest BCUT2D eigenvalue weighted by atomic mass is 16.7. The molecule has 2 fully saturated rings. The smallest absolute Gasteiger partial charge is 0.225 e. The molecule has 0 aromatic heterocycles. The number of likely N-dealkylation sites (N-methyl/N-ethyl adjacent to an activating group) is 1. The maximum Gasteiger partial charge on any atom is 0.225 e. The number of likely N-dealkylation sites (tertiary alicyclic amines) is 1. The molecule has 2 rings (SSSR count). The molecule has 3 unspecified atom stereocenters. The second-order valence-corrected chi connectivity index (χ2v) is 4.43. The number of ether oxygens (including phenoxy) is 2. The Balaban J connectivity index is 1.90. The third-order valence-electron chi connectivity index (χ3n) is 3.35. The second-order valence-electron chi connectivity index (χ2n) is 4.43.